The number of nitrogens with one attached hydrogen (secondary N) is 1. The van der Waals surface area contributed by atoms with Gasteiger partial charge in [0.2, 0.25) is 0 Å². The Morgan fingerprint density at radius 3 is 3.13 bits per heavy atom. The SMILES string of the molecule is CNCCN(C)c1ncnc2sccc12. The molecule has 80 valence electrons. The summed E-state index contributed by atoms with van der Waals surface area (Å²) in [6, 6.07) is 2.07. The summed E-state index contributed by atoms with van der Waals surface area (Å²) >= 11 is 1.65. The molecular formula is C10H14N4S. The van der Waals surface area contributed by atoms with Crippen LogP contribution >= 0.6 is 11.3 Å². The largest absolute Gasteiger partial charge is 0.358 e. The van der Waals surface area contributed by atoms with E-state index in [4.69, 9.17) is 0 Å². The van der Waals surface area contributed by atoms with E-state index in [1.165, 1.54) is 0 Å². The summed E-state index contributed by atoms with van der Waals surface area (Å²) in [7, 11) is 4.00. The Hall–Kier alpha value is -1.20. The third-order valence-corrected chi connectivity index (χ3v) is 3.12. The Labute approximate surface area is 93.0 Å². The Balaban J connectivity index is 2.29. The van der Waals surface area contributed by atoms with Gasteiger partial charge in [-0.05, 0) is 18.5 Å². The first-order chi connectivity index (χ1) is 7.33. The lowest BCUT2D eigenvalue weighted by molar-refractivity contribution is 0.763. The fourth-order valence-corrected chi connectivity index (χ4v) is 2.19. The lowest BCUT2D eigenvalue weighted by Gasteiger charge is -2.18. The van der Waals surface area contributed by atoms with Crippen molar-refractivity contribution in [2.75, 3.05) is 32.1 Å². The fraction of sp³-hybridized carbons (Fsp3) is 0.400. The standard InChI is InChI=1S/C10H14N4S/c1-11-4-5-14(2)9-8-3-6-15-10(8)13-7-12-9/h3,6-7,11H,4-5H2,1-2H3. The minimum absolute atomic E-state index is 0.943. The summed E-state index contributed by atoms with van der Waals surface area (Å²) in [6.45, 7) is 1.89. The third kappa shape index (κ3) is 2.08. The predicted molar refractivity (Wildman–Crippen MR) is 64.6 cm³/mol. The highest BCUT2D eigenvalue weighted by Gasteiger charge is 2.08. The van der Waals surface area contributed by atoms with E-state index in [0.29, 0.717) is 0 Å². The molecule has 0 aromatic carbocycles. The summed E-state index contributed by atoms with van der Waals surface area (Å²) in [5.41, 5.74) is 0. The summed E-state index contributed by atoms with van der Waals surface area (Å²) in [4.78, 5) is 11.8. The molecule has 0 atom stereocenters. The van der Waals surface area contributed by atoms with E-state index in [-0.39, 0.29) is 0 Å². The van der Waals surface area contributed by atoms with Crippen LogP contribution in [0.2, 0.25) is 0 Å². The van der Waals surface area contributed by atoms with Crippen LogP contribution in [0.4, 0.5) is 5.82 Å². The molecule has 0 aliphatic carbocycles. The molecule has 2 rings (SSSR count). The van der Waals surface area contributed by atoms with Crippen LogP contribution in [-0.4, -0.2) is 37.2 Å². The van der Waals surface area contributed by atoms with Gasteiger partial charge < -0.3 is 10.2 Å². The van der Waals surface area contributed by atoms with Gasteiger partial charge in [-0.15, -0.1) is 11.3 Å². The van der Waals surface area contributed by atoms with Crippen molar-refractivity contribution in [2.24, 2.45) is 0 Å². The van der Waals surface area contributed by atoms with Crippen molar-refractivity contribution in [1.29, 1.82) is 0 Å². The normalized spacial score (nSPS) is 10.8. The molecule has 1 N–H and O–H groups in total. The maximum absolute atomic E-state index is 4.33. The number of rotatable bonds is 4. The monoisotopic (exact) mass is 222 g/mol. The first-order valence-corrected chi connectivity index (χ1v) is 5.75. The molecule has 0 spiro atoms. The number of nitrogens with zero attached hydrogens (tertiary/aromatic N) is 3. The van der Waals surface area contributed by atoms with Crippen LogP contribution in [0.1, 0.15) is 0 Å². The van der Waals surface area contributed by atoms with Gasteiger partial charge in [0.15, 0.2) is 0 Å². The van der Waals surface area contributed by atoms with Gasteiger partial charge in [0.1, 0.15) is 17.0 Å². The summed E-state index contributed by atoms with van der Waals surface area (Å²) in [5.74, 6) is 1.01. The molecule has 0 saturated heterocycles. The Morgan fingerprint density at radius 1 is 1.47 bits per heavy atom. The molecule has 0 unspecified atom stereocenters. The van der Waals surface area contributed by atoms with Crippen LogP contribution in [0.5, 0.6) is 0 Å². The summed E-state index contributed by atoms with van der Waals surface area (Å²) in [5, 5.41) is 6.32. The van der Waals surface area contributed by atoms with Crippen LogP contribution in [0, 0.1) is 0 Å². The van der Waals surface area contributed by atoms with Crippen LogP contribution in [0.3, 0.4) is 0 Å². The molecule has 0 fully saturated rings. The minimum atomic E-state index is 0.943. The number of likely N-dealkylation sites (N-methyl/N-ethyl adjacent to an activating group) is 2. The average Bonchev–Trinajstić information content (AvgIpc) is 2.73. The lowest BCUT2D eigenvalue weighted by Crippen LogP contribution is -2.27. The molecular weight excluding hydrogens is 208 g/mol. The fourth-order valence-electron chi connectivity index (χ4n) is 1.47. The van der Waals surface area contributed by atoms with Crippen LogP contribution in [0.15, 0.2) is 17.8 Å². The number of anilines is 1. The van der Waals surface area contributed by atoms with E-state index in [1.54, 1.807) is 17.7 Å². The van der Waals surface area contributed by atoms with Crippen LogP contribution < -0.4 is 10.2 Å². The van der Waals surface area contributed by atoms with Crippen molar-refractivity contribution in [1.82, 2.24) is 15.3 Å². The first kappa shape index (κ1) is 10.3. The maximum Gasteiger partial charge on any atom is 0.140 e. The summed E-state index contributed by atoms with van der Waals surface area (Å²) in [6.07, 6.45) is 1.63. The van der Waals surface area contributed by atoms with Gasteiger partial charge in [-0.2, -0.15) is 0 Å². The highest BCUT2D eigenvalue weighted by Crippen LogP contribution is 2.25. The topological polar surface area (TPSA) is 41.0 Å². The first-order valence-electron chi connectivity index (χ1n) is 4.87. The number of hydrogen-bond acceptors (Lipinski definition) is 5. The molecule has 5 heteroatoms. The van der Waals surface area contributed by atoms with E-state index in [0.717, 1.165) is 29.1 Å². The van der Waals surface area contributed by atoms with Gasteiger partial charge in [0, 0.05) is 20.1 Å². The Kier molecular flexibility index (Phi) is 3.13. The molecule has 0 aliphatic heterocycles. The molecule has 0 bridgehead atoms. The number of hydrogen-bond donors (Lipinski definition) is 1. The highest BCUT2D eigenvalue weighted by molar-refractivity contribution is 7.16. The van der Waals surface area contributed by atoms with Crippen molar-refractivity contribution < 1.29 is 0 Å². The van der Waals surface area contributed by atoms with E-state index in [2.05, 4.69) is 38.7 Å². The Morgan fingerprint density at radius 2 is 2.33 bits per heavy atom. The van der Waals surface area contributed by atoms with Gasteiger partial charge in [-0.3, -0.25) is 0 Å². The lowest BCUT2D eigenvalue weighted by atomic mass is 10.3. The van der Waals surface area contributed by atoms with E-state index in [1.807, 2.05) is 7.05 Å². The third-order valence-electron chi connectivity index (χ3n) is 2.30. The van der Waals surface area contributed by atoms with Crippen molar-refractivity contribution in [3.8, 4) is 0 Å². The molecule has 2 heterocycles. The molecule has 0 amide bonds. The summed E-state index contributed by atoms with van der Waals surface area (Å²) < 4.78 is 0. The zero-order valence-corrected chi connectivity index (χ0v) is 9.71. The van der Waals surface area contributed by atoms with E-state index < -0.39 is 0 Å². The molecule has 0 saturated carbocycles. The van der Waals surface area contributed by atoms with Crippen molar-refractivity contribution >= 4 is 27.4 Å². The van der Waals surface area contributed by atoms with Crippen molar-refractivity contribution in [2.45, 2.75) is 0 Å². The number of aromatic nitrogens is 2. The van der Waals surface area contributed by atoms with Crippen LogP contribution in [-0.2, 0) is 0 Å². The van der Waals surface area contributed by atoms with Gasteiger partial charge in [0.25, 0.3) is 0 Å². The maximum atomic E-state index is 4.33. The number of thiophene rings is 1. The number of fused-ring (bicyclic) bond motifs is 1. The zero-order chi connectivity index (χ0) is 10.7. The molecule has 2 aromatic heterocycles. The van der Waals surface area contributed by atoms with Gasteiger partial charge in [-0.1, -0.05) is 0 Å². The highest BCUT2D eigenvalue weighted by atomic mass is 32.1. The molecule has 2 aromatic rings. The van der Waals surface area contributed by atoms with E-state index in [9.17, 15) is 0 Å². The Bertz CT molecular complexity index is 440. The van der Waals surface area contributed by atoms with Gasteiger partial charge in [0.05, 0.1) is 5.39 Å². The molecule has 4 nitrogen and oxygen atoms in total. The minimum Gasteiger partial charge on any atom is -0.358 e. The zero-order valence-electron chi connectivity index (χ0n) is 8.90. The van der Waals surface area contributed by atoms with Crippen molar-refractivity contribution in [3.05, 3.63) is 17.8 Å². The average molecular weight is 222 g/mol. The second-order valence-electron chi connectivity index (χ2n) is 3.36. The molecule has 0 aliphatic rings. The van der Waals surface area contributed by atoms with Gasteiger partial charge in [-0.25, -0.2) is 9.97 Å². The quantitative estimate of drug-likeness (QED) is 0.847. The second kappa shape index (κ2) is 4.55. The predicted octanol–water partition coefficient (Wildman–Crippen LogP) is 1.35. The van der Waals surface area contributed by atoms with Crippen molar-refractivity contribution in [3.63, 3.8) is 0 Å². The van der Waals surface area contributed by atoms with Gasteiger partial charge >= 0.3 is 0 Å². The smallest absolute Gasteiger partial charge is 0.140 e. The van der Waals surface area contributed by atoms with Crippen LogP contribution in [0.25, 0.3) is 10.2 Å². The molecule has 15 heavy (non-hydrogen) atoms. The second-order valence-corrected chi connectivity index (χ2v) is 4.26. The molecule has 0 radical (unpaired) electrons. The van der Waals surface area contributed by atoms with E-state index >= 15 is 0 Å².